The van der Waals surface area contributed by atoms with Gasteiger partial charge in [0, 0.05) is 62.8 Å². The number of fused-ring (bicyclic) bond motifs is 3. The number of aryl methyl sites for hydroxylation is 1. The molecule has 1 saturated heterocycles. The molecule has 3 heterocycles. The van der Waals surface area contributed by atoms with E-state index in [2.05, 4.69) is 40.8 Å². The Hall–Kier alpha value is -2.66. The van der Waals surface area contributed by atoms with Crippen molar-refractivity contribution in [3.05, 3.63) is 71.2 Å². The fourth-order valence-corrected chi connectivity index (χ4v) is 5.31. The van der Waals surface area contributed by atoms with Crippen molar-refractivity contribution >= 4 is 16.8 Å². The molecule has 4 nitrogen and oxygen atoms in total. The third kappa shape index (κ3) is 3.41. The standard InChI is InChI=1S/C25H28FN3O/c1-27-23-11-5-3-8-19(23)21-17-28(14-12-24(21)27)15-18-7-6-13-29(16-18)25(30)20-9-2-4-10-22(20)26/h2-5,8-11,18H,6-7,12-17H2,1H3. The van der Waals surface area contributed by atoms with Crippen LogP contribution in [0.3, 0.4) is 0 Å². The molecule has 2 aromatic carbocycles. The van der Waals surface area contributed by atoms with Crippen LogP contribution in [-0.2, 0) is 20.0 Å². The number of carbonyl (C=O) groups excluding carboxylic acids is 1. The van der Waals surface area contributed by atoms with Gasteiger partial charge in [-0.1, -0.05) is 30.3 Å². The average Bonchev–Trinajstić information content (AvgIpc) is 3.06. The highest BCUT2D eigenvalue weighted by atomic mass is 19.1. The lowest BCUT2D eigenvalue weighted by Gasteiger charge is -2.37. The predicted molar refractivity (Wildman–Crippen MR) is 117 cm³/mol. The first-order valence-corrected chi connectivity index (χ1v) is 10.9. The first-order chi connectivity index (χ1) is 14.6. The second-order valence-electron chi connectivity index (χ2n) is 8.73. The molecule has 30 heavy (non-hydrogen) atoms. The molecule has 1 unspecified atom stereocenters. The maximum Gasteiger partial charge on any atom is 0.256 e. The number of carbonyl (C=O) groups is 1. The first-order valence-electron chi connectivity index (χ1n) is 10.9. The van der Waals surface area contributed by atoms with Crippen LogP contribution in [0.25, 0.3) is 10.9 Å². The third-order valence-corrected chi connectivity index (χ3v) is 6.82. The number of nitrogens with zero attached hydrogens (tertiary/aromatic N) is 3. The van der Waals surface area contributed by atoms with Crippen LogP contribution in [0.4, 0.5) is 4.39 Å². The van der Waals surface area contributed by atoms with Crippen molar-refractivity contribution in [2.75, 3.05) is 26.2 Å². The molecule has 1 aromatic heterocycles. The molecule has 0 saturated carbocycles. The van der Waals surface area contributed by atoms with Gasteiger partial charge in [0.15, 0.2) is 0 Å². The number of aromatic nitrogens is 1. The van der Waals surface area contributed by atoms with Gasteiger partial charge >= 0.3 is 0 Å². The van der Waals surface area contributed by atoms with E-state index in [0.717, 1.165) is 45.4 Å². The minimum Gasteiger partial charge on any atom is -0.347 e. The van der Waals surface area contributed by atoms with Gasteiger partial charge in [-0.15, -0.1) is 0 Å². The molecule has 1 amide bonds. The summed E-state index contributed by atoms with van der Waals surface area (Å²) in [5.41, 5.74) is 4.40. The van der Waals surface area contributed by atoms with Gasteiger partial charge in [-0.3, -0.25) is 9.69 Å². The number of hydrogen-bond acceptors (Lipinski definition) is 2. The van der Waals surface area contributed by atoms with Crippen LogP contribution in [0.15, 0.2) is 48.5 Å². The topological polar surface area (TPSA) is 28.5 Å². The summed E-state index contributed by atoms with van der Waals surface area (Å²) < 4.78 is 16.4. The smallest absolute Gasteiger partial charge is 0.256 e. The number of amides is 1. The maximum atomic E-state index is 14.1. The quantitative estimate of drug-likeness (QED) is 0.653. The average molecular weight is 406 g/mol. The van der Waals surface area contributed by atoms with Crippen molar-refractivity contribution in [3.63, 3.8) is 0 Å². The largest absolute Gasteiger partial charge is 0.347 e. The SMILES string of the molecule is Cn1c2c(c3ccccc31)CN(CC1CCCN(C(=O)c3ccccc3F)C1)CC2. The minimum atomic E-state index is -0.427. The highest BCUT2D eigenvalue weighted by Gasteiger charge is 2.29. The summed E-state index contributed by atoms with van der Waals surface area (Å²) in [5.74, 6) is -0.164. The fourth-order valence-electron chi connectivity index (χ4n) is 5.31. The lowest BCUT2D eigenvalue weighted by atomic mass is 9.95. The van der Waals surface area contributed by atoms with E-state index in [1.165, 1.54) is 28.2 Å². The van der Waals surface area contributed by atoms with E-state index in [-0.39, 0.29) is 11.5 Å². The normalized spacial score (nSPS) is 19.8. The van der Waals surface area contributed by atoms with Gasteiger partial charge in [-0.05, 0) is 42.5 Å². The fraction of sp³-hybridized carbons (Fsp3) is 0.400. The zero-order chi connectivity index (χ0) is 20.7. The number of hydrogen-bond donors (Lipinski definition) is 0. The van der Waals surface area contributed by atoms with Crippen LogP contribution in [0, 0.1) is 11.7 Å². The third-order valence-electron chi connectivity index (χ3n) is 6.82. The monoisotopic (exact) mass is 405 g/mol. The van der Waals surface area contributed by atoms with Gasteiger partial charge in [-0.25, -0.2) is 4.39 Å². The number of likely N-dealkylation sites (tertiary alicyclic amines) is 1. The van der Waals surface area contributed by atoms with Crippen LogP contribution in [-0.4, -0.2) is 46.5 Å². The summed E-state index contributed by atoms with van der Waals surface area (Å²) in [7, 11) is 2.17. The van der Waals surface area contributed by atoms with Crippen LogP contribution in [0.1, 0.15) is 34.5 Å². The molecule has 0 radical (unpaired) electrons. The summed E-state index contributed by atoms with van der Waals surface area (Å²) in [6.45, 7) is 4.44. The molecule has 2 aliphatic heterocycles. The number of benzene rings is 2. The minimum absolute atomic E-state index is 0.173. The zero-order valence-corrected chi connectivity index (χ0v) is 17.5. The number of para-hydroxylation sites is 1. The second-order valence-corrected chi connectivity index (χ2v) is 8.73. The molecule has 156 valence electrons. The lowest BCUT2D eigenvalue weighted by molar-refractivity contribution is 0.0629. The summed E-state index contributed by atoms with van der Waals surface area (Å²) >= 11 is 0. The summed E-state index contributed by atoms with van der Waals surface area (Å²) in [6.07, 6.45) is 3.17. The van der Waals surface area contributed by atoms with E-state index in [1.807, 2.05) is 4.90 Å². The molecule has 0 spiro atoms. The van der Waals surface area contributed by atoms with Gasteiger partial charge in [0.25, 0.3) is 5.91 Å². The van der Waals surface area contributed by atoms with E-state index in [9.17, 15) is 9.18 Å². The Balaban J connectivity index is 1.28. The second kappa shape index (κ2) is 7.88. The van der Waals surface area contributed by atoms with Crippen LogP contribution < -0.4 is 0 Å². The molecule has 2 aliphatic rings. The van der Waals surface area contributed by atoms with Crippen molar-refractivity contribution in [1.82, 2.24) is 14.4 Å². The Labute approximate surface area is 176 Å². The number of piperidine rings is 1. The van der Waals surface area contributed by atoms with Crippen molar-refractivity contribution in [1.29, 1.82) is 0 Å². The summed E-state index contributed by atoms with van der Waals surface area (Å²) in [6, 6.07) is 15.0. The highest BCUT2D eigenvalue weighted by Crippen LogP contribution is 2.31. The van der Waals surface area contributed by atoms with Gasteiger partial charge in [0.1, 0.15) is 5.82 Å². The van der Waals surface area contributed by atoms with Crippen molar-refractivity contribution < 1.29 is 9.18 Å². The Morgan fingerprint density at radius 2 is 1.90 bits per heavy atom. The van der Waals surface area contributed by atoms with Gasteiger partial charge in [0.05, 0.1) is 5.56 Å². The predicted octanol–water partition coefficient (Wildman–Crippen LogP) is 4.23. The Morgan fingerprint density at radius 1 is 1.10 bits per heavy atom. The van der Waals surface area contributed by atoms with E-state index in [1.54, 1.807) is 18.2 Å². The van der Waals surface area contributed by atoms with E-state index in [0.29, 0.717) is 12.5 Å². The number of halogens is 1. The summed E-state index contributed by atoms with van der Waals surface area (Å²) in [4.78, 5) is 17.2. The van der Waals surface area contributed by atoms with E-state index < -0.39 is 5.82 Å². The van der Waals surface area contributed by atoms with E-state index in [4.69, 9.17) is 0 Å². The van der Waals surface area contributed by atoms with Crippen molar-refractivity contribution in [2.24, 2.45) is 13.0 Å². The van der Waals surface area contributed by atoms with Crippen LogP contribution in [0.5, 0.6) is 0 Å². The number of rotatable bonds is 3. The van der Waals surface area contributed by atoms with Crippen LogP contribution >= 0.6 is 0 Å². The Morgan fingerprint density at radius 3 is 2.77 bits per heavy atom. The van der Waals surface area contributed by atoms with Gasteiger partial charge in [0.2, 0.25) is 0 Å². The molecular weight excluding hydrogens is 377 g/mol. The van der Waals surface area contributed by atoms with Gasteiger partial charge in [-0.2, -0.15) is 0 Å². The molecule has 0 bridgehead atoms. The van der Waals surface area contributed by atoms with Crippen molar-refractivity contribution in [3.8, 4) is 0 Å². The lowest BCUT2D eigenvalue weighted by Crippen LogP contribution is -2.44. The molecule has 3 aromatic rings. The summed E-state index contributed by atoms with van der Waals surface area (Å²) in [5, 5.41) is 1.36. The van der Waals surface area contributed by atoms with Gasteiger partial charge < -0.3 is 9.47 Å². The molecule has 5 heteroatoms. The first kappa shape index (κ1) is 19.3. The van der Waals surface area contributed by atoms with Crippen molar-refractivity contribution in [2.45, 2.75) is 25.8 Å². The Kier molecular flexibility index (Phi) is 5.07. The molecule has 0 aliphatic carbocycles. The zero-order valence-electron chi connectivity index (χ0n) is 17.5. The molecular formula is C25H28FN3O. The molecule has 0 N–H and O–H groups in total. The molecule has 1 fully saturated rings. The molecule has 5 rings (SSSR count). The van der Waals surface area contributed by atoms with E-state index >= 15 is 0 Å². The Bertz CT molecular complexity index is 1090. The maximum absolute atomic E-state index is 14.1. The van der Waals surface area contributed by atoms with Crippen LogP contribution in [0.2, 0.25) is 0 Å². The molecule has 1 atom stereocenters. The highest BCUT2D eigenvalue weighted by molar-refractivity contribution is 5.94.